The van der Waals surface area contributed by atoms with Gasteiger partial charge in [-0.05, 0) is 44.9 Å². The zero-order valence-electron chi connectivity index (χ0n) is 33.5. The number of phosphoric ester groups is 1. The van der Waals surface area contributed by atoms with Gasteiger partial charge in [0.1, 0.15) is 6.10 Å². The molecule has 0 radical (unpaired) electrons. The number of esters is 1. The van der Waals surface area contributed by atoms with Crippen LogP contribution >= 0.6 is 7.82 Å². The number of carbonyl (C=O) groups excluding carboxylic acids is 1. The third-order valence-electron chi connectivity index (χ3n) is 9.50. The fourth-order valence-electron chi connectivity index (χ4n) is 6.30. The highest BCUT2D eigenvalue weighted by Crippen LogP contribution is 2.36. The van der Waals surface area contributed by atoms with Crippen LogP contribution in [0.1, 0.15) is 219 Å². The van der Waals surface area contributed by atoms with Gasteiger partial charge in [0.05, 0.1) is 13.2 Å². The lowest BCUT2D eigenvalue weighted by Gasteiger charge is -2.18. The van der Waals surface area contributed by atoms with E-state index in [1.54, 1.807) is 0 Å². The van der Waals surface area contributed by atoms with E-state index in [2.05, 4.69) is 42.7 Å². The molecule has 0 aliphatic heterocycles. The first kappa shape index (κ1) is 50.0. The van der Waals surface area contributed by atoms with E-state index in [0.29, 0.717) is 13.0 Å². The van der Waals surface area contributed by atoms with E-state index in [1.165, 1.54) is 161 Å². The van der Waals surface area contributed by atoms with Gasteiger partial charge < -0.3 is 19.3 Å². The molecule has 0 saturated heterocycles. The van der Waals surface area contributed by atoms with Crippen LogP contribution < -0.4 is 0 Å². The van der Waals surface area contributed by atoms with Crippen LogP contribution in [0.25, 0.3) is 0 Å². The normalized spacial score (nSPS) is 12.8. The largest absolute Gasteiger partial charge is 0.469 e. The van der Waals surface area contributed by atoms with Crippen LogP contribution in [0.4, 0.5) is 0 Å². The summed E-state index contributed by atoms with van der Waals surface area (Å²) in [6.07, 6.45) is 47.4. The van der Waals surface area contributed by atoms with Crippen LogP contribution in [0.5, 0.6) is 0 Å². The molecule has 0 spiro atoms. The number of carbonyl (C=O) groups is 1. The van der Waals surface area contributed by atoms with Crippen LogP contribution in [0.3, 0.4) is 0 Å². The molecule has 0 bridgehead atoms. The van der Waals surface area contributed by atoms with Gasteiger partial charge in [0.15, 0.2) is 0 Å². The second-order valence-corrected chi connectivity index (χ2v) is 15.9. The quantitative estimate of drug-likeness (QED) is 0.0278. The van der Waals surface area contributed by atoms with Crippen molar-refractivity contribution in [3.8, 4) is 0 Å². The van der Waals surface area contributed by atoms with Gasteiger partial charge in [-0.1, -0.05) is 192 Å². The summed E-state index contributed by atoms with van der Waals surface area (Å²) >= 11 is 0. The molecule has 302 valence electrons. The molecular weight excluding hydrogens is 659 g/mol. The first-order valence-corrected chi connectivity index (χ1v) is 23.2. The Kier molecular flexibility index (Phi) is 39.4. The molecule has 0 aromatic heterocycles. The Bertz CT molecular complexity index is 825. The number of ether oxygens (including phenoxy) is 2. The highest BCUT2D eigenvalue weighted by molar-refractivity contribution is 7.46. The number of allylic oxidation sites excluding steroid dienone is 4. The van der Waals surface area contributed by atoms with Crippen molar-refractivity contribution in [1.29, 1.82) is 0 Å². The first-order valence-electron chi connectivity index (χ1n) is 21.7. The van der Waals surface area contributed by atoms with Crippen LogP contribution in [0, 0.1) is 0 Å². The summed E-state index contributed by atoms with van der Waals surface area (Å²) < 4.78 is 27.0. The summed E-state index contributed by atoms with van der Waals surface area (Å²) in [4.78, 5) is 30.6. The zero-order valence-corrected chi connectivity index (χ0v) is 34.4. The van der Waals surface area contributed by atoms with Gasteiger partial charge in [0.2, 0.25) is 0 Å². The molecule has 51 heavy (non-hydrogen) atoms. The molecule has 0 aromatic rings. The van der Waals surface area contributed by atoms with E-state index in [1.807, 2.05) is 0 Å². The summed E-state index contributed by atoms with van der Waals surface area (Å²) in [6.45, 7) is 4.76. The maximum absolute atomic E-state index is 12.4. The van der Waals surface area contributed by atoms with Crippen molar-refractivity contribution < 1.29 is 33.1 Å². The van der Waals surface area contributed by atoms with E-state index >= 15 is 0 Å². The van der Waals surface area contributed by atoms with Crippen LogP contribution in [0.2, 0.25) is 0 Å². The average Bonchev–Trinajstić information content (AvgIpc) is 3.10. The minimum Gasteiger partial charge on any atom is -0.457 e. The lowest BCUT2D eigenvalue weighted by Crippen LogP contribution is -2.28. The van der Waals surface area contributed by atoms with Crippen LogP contribution in [0.15, 0.2) is 24.3 Å². The number of phosphoric acid groups is 1. The molecule has 0 fully saturated rings. The van der Waals surface area contributed by atoms with Gasteiger partial charge in [-0.3, -0.25) is 9.32 Å². The maximum atomic E-state index is 12.4. The van der Waals surface area contributed by atoms with Gasteiger partial charge in [-0.25, -0.2) is 4.57 Å². The van der Waals surface area contributed by atoms with Gasteiger partial charge in [-0.15, -0.1) is 0 Å². The molecule has 0 rings (SSSR count). The van der Waals surface area contributed by atoms with Crippen LogP contribution in [-0.2, 0) is 23.4 Å². The van der Waals surface area contributed by atoms with Crippen molar-refractivity contribution in [2.75, 3.05) is 19.8 Å². The highest BCUT2D eigenvalue weighted by atomic mass is 31.2. The second-order valence-electron chi connectivity index (χ2n) is 14.7. The Hall–Kier alpha value is -0.980. The molecule has 0 heterocycles. The topological polar surface area (TPSA) is 102 Å². The predicted octanol–water partition coefficient (Wildman–Crippen LogP) is 13.7. The number of hydrogen-bond donors (Lipinski definition) is 2. The Balaban J connectivity index is 3.76. The molecule has 2 N–H and O–H groups in total. The van der Waals surface area contributed by atoms with E-state index in [4.69, 9.17) is 19.3 Å². The van der Waals surface area contributed by atoms with Crippen molar-refractivity contribution in [2.24, 2.45) is 0 Å². The third kappa shape index (κ3) is 43.3. The second kappa shape index (κ2) is 40.2. The van der Waals surface area contributed by atoms with E-state index in [0.717, 1.165) is 38.5 Å². The van der Waals surface area contributed by atoms with Gasteiger partial charge >= 0.3 is 13.8 Å². The molecule has 0 amide bonds. The maximum Gasteiger partial charge on any atom is 0.469 e. The smallest absolute Gasteiger partial charge is 0.457 e. The van der Waals surface area contributed by atoms with Gasteiger partial charge in [0, 0.05) is 13.0 Å². The fourth-order valence-corrected chi connectivity index (χ4v) is 6.66. The monoisotopic (exact) mass is 743 g/mol. The van der Waals surface area contributed by atoms with Gasteiger partial charge in [0.25, 0.3) is 0 Å². The molecule has 8 heteroatoms. The summed E-state index contributed by atoms with van der Waals surface area (Å²) in [7, 11) is -4.65. The minimum atomic E-state index is -4.65. The molecule has 0 aliphatic carbocycles. The summed E-state index contributed by atoms with van der Waals surface area (Å²) in [5.41, 5.74) is 0. The van der Waals surface area contributed by atoms with Crippen molar-refractivity contribution in [1.82, 2.24) is 0 Å². The van der Waals surface area contributed by atoms with Crippen molar-refractivity contribution >= 4 is 13.8 Å². The van der Waals surface area contributed by atoms with Crippen molar-refractivity contribution in [3.05, 3.63) is 24.3 Å². The summed E-state index contributed by atoms with van der Waals surface area (Å²) in [5, 5.41) is 0. The Morgan fingerprint density at radius 3 is 1.39 bits per heavy atom. The van der Waals surface area contributed by atoms with Crippen molar-refractivity contribution in [3.63, 3.8) is 0 Å². The molecule has 0 aromatic carbocycles. The van der Waals surface area contributed by atoms with Gasteiger partial charge in [-0.2, -0.15) is 0 Å². The van der Waals surface area contributed by atoms with Crippen molar-refractivity contribution in [2.45, 2.75) is 225 Å². The summed E-state index contributed by atoms with van der Waals surface area (Å²) in [5.74, 6) is -0.364. The predicted molar refractivity (Wildman–Crippen MR) is 216 cm³/mol. The standard InChI is InChI=1S/C43H83O7P/c1-3-5-7-9-11-13-15-17-19-21-22-23-24-26-28-30-32-34-36-38-43(44)50-42(41-49-51(45,46)47)40-48-39-37-35-33-31-29-27-25-20-18-16-14-12-10-8-6-4-2/h11,13,17,19,42H,3-10,12,14-16,18,20-41H2,1-2H3,(H2,45,46,47)/b13-11-,19-17-/t42-/m1/s1. The number of rotatable bonds is 41. The Morgan fingerprint density at radius 1 is 0.529 bits per heavy atom. The summed E-state index contributed by atoms with van der Waals surface area (Å²) in [6, 6.07) is 0. The molecule has 0 unspecified atom stereocenters. The first-order chi connectivity index (χ1) is 24.9. The fraction of sp³-hybridized carbons (Fsp3) is 0.884. The molecule has 1 atom stereocenters. The molecular formula is C43H83O7P. The Morgan fingerprint density at radius 2 is 0.922 bits per heavy atom. The number of hydrogen-bond acceptors (Lipinski definition) is 5. The van der Waals surface area contributed by atoms with E-state index < -0.39 is 13.9 Å². The molecule has 0 aliphatic rings. The molecule has 0 saturated carbocycles. The Labute approximate surface area is 315 Å². The SMILES string of the molecule is CCCCC/C=C\C/C=C\CCCCCCCCCCCC(=O)O[C@H](COCCCCCCCCCCCCCCCCCC)COP(=O)(O)O. The average molecular weight is 743 g/mol. The lowest BCUT2D eigenvalue weighted by atomic mass is 10.0. The third-order valence-corrected chi connectivity index (χ3v) is 9.99. The van der Waals surface area contributed by atoms with E-state index in [9.17, 15) is 9.36 Å². The lowest BCUT2D eigenvalue weighted by molar-refractivity contribution is -0.154. The van der Waals surface area contributed by atoms with Crippen LogP contribution in [-0.4, -0.2) is 41.7 Å². The number of unbranched alkanes of at least 4 members (excludes halogenated alkanes) is 27. The minimum absolute atomic E-state index is 0.0807. The molecule has 7 nitrogen and oxygen atoms in total. The highest BCUT2D eigenvalue weighted by Gasteiger charge is 2.21. The van der Waals surface area contributed by atoms with E-state index in [-0.39, 0.29) is 19.2 Å². The zero-order chi connectivity index (χ0) is 37.4.